The molecule has 0 aliphatic heterocycles. The van der Waals surface area contributed by atoms with Crippen molar-refractivity contribution < 1.29 is 9.18 Å². The molecule has 0 heterocycles. The Morgan fingerprint density at radius 2 is 2.10 bits per heavy atom. The van der Waals surface area contributed by atoms with Gasteiger partial charge in [0.2, 0.25) is 5.91 Å². The predicted molar refractivity (Wildman–Crippen MR) is 77.6 cm³/mol. The average molecular weight is 278 g/mol. The first kappa shape index (κ1) is 15.0. The van der Waals surface area contributed by atoms with Crippen molar-refractivity contribution in [2.24, 2.45) is 11.1 Å². The maximum absolute atomic E-state index is 13.3. The van der Waals surface area contributed by atoms with Crippen LogP contribution in [-0.2, 0) is 11.2 Å². The van der Waals surface area contributed by atoms with Crippen molar-refractivity contribution in [3.63, 3.8) is 0 Å². The monoisotopic (exact) mass is 278 g/mol. The zero-order valence-corrected chi connectivity index (χ0v) is 12.6. The number of hydrogen-bond donors (Lipinski definition) is 2. The van der Waals surface area contributed by atoms with E-state index in [0.29, 0.717) is 12.8 Å². The van der Waals surface area contributed by atoms with E-state index in [9.17, 15) is 9.18 Å². The van der Waals surface area contributed by atoms with Gasteiger partial charge in [0, 0.05) is 11.0 Å². The third kappa shape index (κ3) is 2.70. The molecule has 1 saturated carbocycles. The van der Waals surface area contributed by atoms with Gasteiger partial charge >= 0.3 is 0 Å². The summed E-state index contributed by atoms with van der Waals surface area (Å²) in [5.74, 6) is -0.577. The van der Waals surface area contributed by atoms with Gasteiger partial charge in [-0.2, -0.15) is 0 Å². The van der Waals surface area contributed by atoms with Crippen molar-refractivity contribution in [2.75, 3.05) is 0 Å². The molecule has 0 saturated heterocycles. The normalized spacial score (nSPS) is 29.2. The minimum Gasteiger partial charge on any atom is -0.368 e. The Morgan fingerprint density at radius 1 is 1.45 bits per heavy atom. The van der Waals surface area contributed by atoms with Gasteiger partial charge in [0.25, 0.3) is 0 Å². The second kappa shape index (κ2) is 4.55. The molecule has 0 bridgehead atoms. The minimum absolute atomic E-state index is 0.200. The summed E-state index contributed by atoms with van der Waals surface area (Å²) < 4.78 is 13.3. The zero-order valence-electron chi connectivity index (χ0n) is 12.6. The van der Waals surface area contributed by atoms with Gasteiger partial charge in [-0.25, -0.2) is 4.39 Å². The number of rotatable bonds is 4. The Hall–Kier alpha value is -1.42. The highest BCUT2D eigenvalue weighted by molar-refractivity contribution is 5.90. The highest BCUT2D eigenvalue weighted by Gasteiger charge is 2.68. The lowest BCUT2D eigenvalue weighted by Gasteiger charge is -2.30. The lowest BCUT2D eigenvalue weighted by molar-refractivity contribution is -0.122. The van der Waals surface area contributed by atoms with Gasteiger partial charge in [0.15, 0.2) is 0 Å². The van der Waals surface area contributed by atoms with Crippen molar-refractivity contribution in [1.29, 1.82) is 0 Å². The van der Waals surface area contributed by atoms with Crippen molar-refractivity contribution in [3.8, 4) is 0 Å². The molecule has 4 heteroatoms. The van der Waals surface area contributed by atoms with E-state index in [0.717, 1.165) is 5.56 Å². The molecule has 2 atom stereocenters. The maximum Gasteiger partial charge on any atom is 0.238 e. The fourth-order valence-electron chi connectivity index (χ4n) is 3.13. The molecule has 3 nitrogen and oxygen atoms in total. The Bertz CT molecular complexity index is 538. The number of carbonyl (C=O) groups is 1. The molecule has 1 aliphatic rings. The van der Waals surface area contributed by atoms with E-state index < -0.39 is 5.54 Å². The maximum atomic E-state index is 13.3. The Morgan fingerprint density at radius 3 is 2.60 bits per heavy atom. The summed E-state index contributed by atoms with van der Waals surface area (Å²) in [5.41, 5.74) is 5.36. The van der Waals surface area contributed by atoms with Crippen LogP contribution < -0.4 is 11.1 Å². The van der Waals surface area contributed by atoms with Crippen molar-refractivity contribution in [2.45, 2.75) is 51.6 Å². The molecule has 1 amide bonds. The number of primary amides is 1. The molecule has 0 unspecified atom stereocenters. The summed E-state index contributed by atoms with van der Waals surface area (Å²) in [4.78, 5) is 11.9. The Kier molecular flexibility index (Phi) is 3.41. The molecule has 0 aromatic heterocycles. The van der Waals surface area contributed by atoms with Gasteiger partial charge in [0.05, 0.1) is 0 Å². The number of nitrogens with two attached hydrogens (primary N) is 1. The second-order valence-electron chi connectivity index (χ2n) is 7.19. The number of amides is 1. The standard InChI is InChI=1S/C16H23FN2O/c1-14(2,3)19-16(13(18)20)10-15(16,4)9-11-6-5-7-12(17)8-11/h5-8,19H,9-10H2,1-4H3,(H2,18,20)/t15-,16-/m0/s1. The molecular formula is C16H23FN2O. The lowest BCUT2D eigenvalue weighted by atomic mass is 9.91. The van der Waals surface area contributed by atoms with E-state index in [-0.39, 0.29) is 22.7 Å². The molecule has 2 rings (SSSR count). The summed E-state index contributed by atoms with van der Waals surface area (Å²) in [7, 11) is 0. The molecule has 0 radical (unpaired) electrons. The van der Waals surface area contributed by atoms with E-state index in [2.05, 4.69) is 5.32 Å². The van der Waals surface area contributed by atoms with E-state index in [1.54, 1.807) is 6.07 Å². The topological polar surface area (TPSA) is 55.1 Å². The second-order valence-corrected chi connectivity index (χ2v) is 7.19. The van der Waals surface area contributed by atoms with Gasteiger partial charge in [-0.15, -0.1) is 0 Å². The number of halogens is 1. The van der Waals surface area contributed by atoms with Gasteiger partial charge in [-0.1, -0.05) is 19.1 Å². The van der Waals surface area contributed by atoms with Crippen LogP contribution in [0.3, 0.4) is 0 Å². The molecule has 1 aliphatic carbocycles. The average Bonchev–Trinajstić information content (AvgIpc) is 2.81. The van der Waals surface area contributed by atoms with Crippen LogP contribution in [0, 0.1) is 11.2 Å². The van der Waals surface area contributed by atoms with E-state index in [1.165, 1.54) is 12.1 Å². The van der Waals surface area contributed by atoms with Crippen LogP contribution in [0.5, 0.6) is 0 Å². The molecule has 110 valence electrons. The third-order valence-electron chi connectivity index (χ3n) is 4.05. The van der Waals surface area contributed by atoms with Crippen LogP contribution in [-0.4, -0.2) is 17.0 Å². The Labute approximate surface area is 119 Å². The lowest BCUT2D eigenvalue weighted by Crippen LogP contribution is -2.55. The number of hydrogen-bond acceptors (Lipinski definition) is 2. The first-order chi connectivity index (χ1) is 9.08. The van der Waals surface area contributed by atoms with Crippen LogP contribution >= 0.6 is 0 Å². The molecular weight excluding hydrogens is 255 g/mol. The van der Waals surface area contributed by atoms with Crippen molar-refractivity contribution in [1.82, 2.24) is 5.32 Å². The van der Waals surface area contributed by atoms with Crippen LogP contribution in [0.15, 0.2) is 24.3 Å². The largest absolute Gasteiger partial charge is 0.368 e. The van der Waals surface area contributed by atoms with Crippen molar-refractivity contribution >= 4 is 5.91 Å². The predicted octanol–water partition coefficient (Wildman–Crippen LogP) is 2.39. The van der Waals surface area contributed by atoms with Crippen LogP contribution in [0.2, 0.25) is 0 Å². The number of carbonyl (C=O) groups excluding carboxylic acids is 1. The SMILES string of the molecule is CC(C)(C)N[C@]1(C(N)=O)C[C@]1(C)Cc1cccc(F)c1. The summed E-state index contributed by atoms with van der Waals surface area (Å²) in [6.45, 7) is 8.07. The quantitative estimate of drug-likeness (QED) is 0.888. The third-order valence-corrected chi connectivity index (χ3v) is 4.05. The van der Waals surface area contributed by atoms with Gasteiger partial charge in [0.1, 0.15) is 11.4 Å². The van der Waals surface area contributed by atoms with E-state index in [4.69, 9.17) is 5.73 Å². The smallest absolute Gasteiger partial charge is 0.238 e. The van der Waals surface area contributed by atoms with Crippen molar-refractivity contribution in [3.05, 3.63) is 35.6 Å². The Balaban J connectivity index is 2.22. The number of benzene rings is 1. The fourth-order valence-corrected chi connectivity index (χ4v) is 3.13. The summed E-state index contributed by atoms with van der Waals surface area (Å²) in [6.07, 6.45) is 1.32. The van der Waals surface area contributed by atoms with Crippen LogP contribution in [0.25, 0.3) is 0 Å². The fraction of sp³-hybridized carbons (Fsp3) is 0.562. The first-order valence-corrected chi connectivity index (χ1v) is 6.92. The van der Waals surface area contributed by atoms with Crippen LogP contribution in [0.1, 0.15) is 39.7 Å². The van der Waals surface area contributed by atoms with Gasteiger partial charge in [-0.05, 0) is 51.3 Å². The highest BCUT2D eigenvalue weighted by Crippen LogP contribution is 2.58. The van der Waals surface area contributed by atoms with E-state index in [1.807, 2.05) is 33.8 Å². The zero-order chi connectivity index (χ0) is 15.2. The van der Waals surface area contributed by atoms with Gasteiger partial charge in [-0.3, -0.25) is 10.1 Å². The first-order valence-electron chi connectivity index (χ1n) is 6.92. The molecule has 1 aromatic rings. The molecule has 1 aromatic carbocycles. The minimum atomic E-state index is -0.697. The summed E-state index contributed by atoms with van der Waals surface area (Å²) in [5, 5.41) is 3.36. The molecule has 20 heavy (non-hydrogen) atoms. The van der Waals surface area contributed by atoms with Gasteiger partial charge < -0.3 is 5.73 Å². The highest BCUT2D eigenvalue weighted by atomic mass is 19.1. The summed E-state index contributed by atoms with van der Waals surface area (Å²) in [6, 6.07) is 6.52. The number of nitrogens with one attached hydrogen (secondary N) is 1. The summed E-state index contributed by atoms with van der Waals surface area (Å²) >= 11 is 0. The molecule has 0 spiro atoms. The van der Waals surface area contributed by atoms with E-state index >= 15 is 0 Å². The molecule has 1 fully saturated rings. The van der Waals surface area contributed by atoms with Crippen LogP contribution in [0.4, 0.5) is 4.39 Å². The molecule has 3 N–H and O–H groups in total.